The van der Waals surface area contributed by atoms with E-state index in [2.05, 4.69) is 20.3 Å². The largest absolute Gasteiger partial charge is 0.409 e. The molecule has 6 nitrogen and oxygen atoms in total. The highest BCUT2D eigenvalue weighted by Gasteiger charge is 2.07. The van der Waals surface area contributed by atoms with Crippen molar-refractivity contribution >= 4 is 29.2 Å². The summed E-state index contributed by atoms with van der Waals surface area (Å²) in [7, 11) is 0. The molecule has 8 heteroatoms. The van der Waals surface area contributed by atoms with Crippen molar-refractivity contribution in [2.75, 3.05) is 0 Å². The highest BCUT2D eigenvalue weighted by Crippen LogP contribution is 2.31. The van der Waals surface area contributed by atoms with Gasteiger partial charge in [-0.25, -0.2) is 4.98 Å². The first-order chi connectivity index (χ1) is 8.20. The maximum atomic E-state index is 8.55. The van der Waals surface area contributed by atoms with Gasteiger partial charge >= 0.3 is 0 Å². The van der Waals surface area contributed by atoms with E-state index < -0.39 is 0 Å². The molecular weight excluding hydrogens is 262 g/mol. The maximum absolute atomic E-state index is 8.55. The zero-order chi connectivity index (χ0) is 12.3. The van der Waals surface area contributed by atoms with E-state index in [1.54, 1.807) is 18.2 Å². The average Bonchev–Trinajstić information content (AvgIpc) is 2.83. The van der Waals surface area contributed by atoms with Crippen LogP contribution in [0, 0.1) is 0 Å². The topological polar surface area (TPSA) is 100 Å². The number of H-pyrrole nitrogens is 1. The summed E-state index contributed by atoms with van der Waals surface area (Å²) in [5.74, 6) is 0.0168. The fraction of sp³-hybridized carbons (Fsp3) is 0. The van der Waals surface area contributed by atoms with Gasteiger partial charge in [-0.3, -0.25) is 5.10 Å². The summed E-state index contributed by atoms with van der Waals surface area (Å²) in [6.07, 6.45) is 1.42. The number of hydrogen-bond donors (Lipinski definition) is 3. The molecule has 0 fully saturated rings. The van der Waals surface area contributed by atoms with Crippen molar-refractivity contribution in [3.63, 3.8) is 0 Å². The Hall–Kier alpha value is -1.73. The van der Waals surface area contributed by atoms with Gasteiger partial charge in [0.2, 0.25) is 0 Å². The molecule has 17 heavy (non-hydrogen) atoms. The van der Waals surface area contributed by atoms with Gasteiger partial charge in [0.05, 0.1) is 5.02 Å². The van der Waals surface area contributed by atoms with Crippen LogP contribution in [0.5, 0.6) is 0 Å². The van der Waals surface area contributed by atoms with Gasteiger partial charge in [-0.15, -0.1) is 0 Å². The zero-order valence-electron chi connectivity index (χ0n) is 8.46. The molecule has 0 saturated heterocycles. The normalized spacial score (nSPS) is 11.7. The summed E-state index contributed by atoms with van der Waals surface area (Å²) in [4.78, 5) is 4.78. The van der Waals surface area contributed by atoms with Crippen LogP contribution in [0.2, 0.25) is 5.02 Å². The molecule has 88 valence electrons. The van der Waals surface area contributed by atoms with Crippen molar-refractivity contribution in [3.8, 4) is 0 Å². The molecule has 0 saturated carbocycles. The Morgan fingerprint density at radius 1 is 1.53 bits per heavy atom. The predicted octanol–water partition coefficient (Wildman–Crippen LogP) is 1.70. The number of amidine groups is 1. The lowest BCUT2D eigenvalue weighted by Gasteiger charge is -2.04. The molecule has 2 aromatic rings. The quantitative estimate of drug-likeness (QED) is 0.341. The summed E-state index contributed by atoms with van der Waals surface area (Å²) in [5, 5.41) is 19.0. The van der Waals surface area contributed by atoms with Crippen LogP contribution in [0.4, 0.5) is 0 Å². The number of hydrogen-bond acceptors (Lipinski definition) is 5. The van der Waals surface area contributed by atoms with Crippen molar-refractivity contribution in [2.45, 2.75) is 10.1 Å². The molecule has 0 amide bonds. The van der Waals surface area contributed by atoms with Gasteiger partial charge < -0.3 is 10.9 Å². The fourth-order valence-electron chi connectivity index (χ4n) is 1.15. The van der Waals surface area contributed by atoms with E-state index in [0.29, 0.717) is 15.7 Å². The lowest BCUT2D eigenvalue weighted by molar-refractivity contribution is 0.318. The SMILES string of the molecule is NC(=NO)c1ccc(Sc2ncn[nH]2)c(Cl)c1. The summed E-state index contributed by atoms with van der Waals surface area (Å²) in [6.45, 7) is 0. The number of nitrogens with zero attached hydrogens (tertiary/aromatic N) is 3. The smallest absolute Gasteiger partial charge is 0.188 e. The van der Waals surface area contributed by atoms with Gasteiger partial charge in [0, 0.05) is 10.5 Å². The second-order valence-electron chi connectivity index (χ2n) is 3.02. The Balaban J connectivity index is 2.26. The van der Waals surface area contributed by atoms with Crippen molar-refractivity contribution in [1.29, 1.82) is 0 Å². The van der Waals surface area contributed by atoms with Crippen LogP contribution in [-0.2, 0) is 0 Å². The number of aromatic nitrogens is 3. The molecule has 0 bridgehead atoms. The molecule has 0 atom stereocenters. The molecule has 0 spiro atoms. The molecule has 0 aliphatic rings. The van der Waals surface area contributed by atoms with E-state index in [4.69, 9.17) is 22.5 Å². The first-order valence-electron chi connectivity index (χ1n) is 4.51. The minimum atomic E-state index is 0.0168. The van der Waals surface area contributed by atoms with Crippen LogP contribution in [0.15, 0.2) is 39.7 Å². The number of aromatic amines is 1. The molecular formula is C9H8ClN5OS. The van der Waals surface area contributed by atoms with E-state index in [1.807, 2.05) is 0 Å². The number of rotatable bonds is 3. The van der Waals surface area contributed by atoms with Crippen molar-refractivity contribution in [2.24, 2.45) is 10.9 Å². The second-order valence-corrected chi connectivity index (χ2v) is 4.46. The Labute approximate surface area is 106 Å². The second kappa shape index (κ2) is 5.07. The summed E-state index contributed by atoms with van der Waals surface area (Å²) >= 11 is 7.42. The van der Waals surface area contributed by atoms with Gasteiger partial charge in [0.15, 0.2) is 11.0 Å². The van der Waals surface area contributed by atoms with E-state index in [9.17, 15) is 0 Å². The van der Waals surface area contributed by atoms with E-state index in [1.165, 1.54) is 18.1 Å². The number of benzene rings is 1. The number of halogens is 1. The number of nitrogens with one attached hydrogen (secondary N) is 1. The van der Waals surface area contributed by atoms with Crippen molar-refractivity contribution in [3.05, 3.63) is 35.1 Å². The molecule has 0 aliphatic carbocycles. The monoisotopic (exact) mass is 269 g/mol. The van der Waals surface area contributed by atoms with Crippen LogP contribution >= 0.6 is 23.4 Å². The van der Waals surface area contributed by atoms with E-state index >= 15 is 0 Å². The van der Waals surface area contributed by atoms with Crippen molar-refractivity contribution in [1.82, 2.24) is 15.2 Å². The zero-order valence-corrected chi connectivity index (χ0v) is 10.0. The molecule has 1 aromatic carbocycles. The Morgan fingerprint density at radius 2 is 2.35 bits per heavy atom. The van der Waals surface area contributed by atoms with Gasteiger partial charge in [0.25, 0.3) is 0 Å². The van der Waals surface area contributed by atoms with Crippen molar-refractivity contribution < 1.29 is 5.21 Å². The number of nitrogens with two attached hydrogens (primary N) is 1. The molecule has 1 aromatic heterocycles. The van der Waals surface area contributed by atoms with Gasteiger partial charge in [-0.05, 0) is 30.0 Å². The Bertz CT molecular complexity index is 542. The molecule has 0 unspecified atom stereocenters. The number of oxime groups is 1. The van der Waals surface area contributed by atoms with E-state index in [-0.39, 0.29) is 5.84 Å². The van der Waals surface area contributed by atoms with Gasteiger partial charge in [-0.2, -0.15) is 5.10 Å². The molecule has 0 aliphatic heterocycles. The van der Waals surface area contributed by atoms with Crippen LogP contribution in [0.3, 0.4) is 0 Å². The third-order valence-corrected chi connectivity index (χ3v) is 3.33. The summed E-state index contributed by atoms with van der Waals surface area (Å²) < 4.78 is 0. The van der Waals surface area contributed by atoms with Crippen LogP contribution in [-0.4, -0.2) is 26.2 Å². The van der Waals surface area contributed by atoms with Crippen LogP contribution < -0.4 is 5.73 Å². The summed E-state index contributed by atoms with van der Waals surface area (Å²) in [5.41, 5.74) is 6.01. The molecule has 1 heterocycles. The maximum Gasteiger partial charge on any atom is 0.188 e. The van der Waals surface area contributed by atoms with Crippen LogP contribution in [0.1, 0.15) is 5.56 Å². The minimum Gasteiger partial charge on any atom is -0.409 e. The lowest BCUT2D eigenvalue weighted by Crippen LogP contribution is -2.12. The minimum absolute atomic E-state index is 0.0168. The summed E-state index contributed by atoms with van der Waals surface area (Å²) in [6, 6.07) is 5.10. The first-order valence-corrected chi connectivity index (χ1v) is 5.71. The van der Waals surface area contributed by atoms with Crippen LogP contribution in [0.25, 0.3) is 0 Å². The molecule has 0 radical (unpaired) electrons. The third kappa shape index (κ3) is 2.69. The highest BCUT2D eigenvalue weighted by molar-refractivity contribution is 7.99. The Kier molecular flexibility index (Phi) is 3.50. The van der Waals surface area contributed by atoms with Gasteiger partial charge in [-0.1, -0.05) is 16.8 Å². The molecule has 4 N–H and O–H groups in total. The molecule has 2 rings (SSSR count). The predicted molar refractivity (Wildman–Crippen MR) is 64.5 cm³/mol. The standard InChI is InChI=1S/C9H8ClN5OS/c10-6-3-5(8(11)15-16)1-2-7(6)17-9-12-4-13-14-9/h1-4,16H,(H2,11,15)(H,12,13,14). The first kappa shape index (κ1) is 11.7. The third-order valence-electron chi connectivity index (χ3n) is 1.93. The fourth-order valence-corrected chi connectivity index (χ4v) is 2.14. The van der Waals surface area contributed by atoms with E-state index in [0.717, 1.165) is 4.90 Å². The lowest BCUT2D eigenvalue weighted by atomic mass is 10.2. The average molecular weight is 270 g/mol. The highest BCUT2D eigenvalue weighted by atomic mass is 35.5. The Morgan fingerprint density at radius 3 is 2.94 bits per heavy atom. The van der Waals surface area contributed by atoms with Gasteiger partial charge in [0.1, 0.15) is 6.33 Å².